The van der Waals surface area contributed by atoms with Gasteiger partial charge in [-0.3, -0.25) is 9.59 Å². The van der Waals surface area contributed by atoms with Crippen LogP contribution in [0.2, 0.25) is 0 Å². The summed E-state index contributed by atoms with van der Waals surface area (Å²) < 4.78 is 0. The Morgan fingerprint density at radius 1 is 1.40 bits per heavy atom. The standard InChI is InChI=1S/C19H26N2O3S/c1-4-19(2,3)12-8-9-13-14(11-20)18(25-15(13)10-12)21-16(22)6-5-7-17(23)24/h12H,4-10H2,1-3H3,(H,21,22)(H,23,24). The van der Waals surface area contributed by atoms with Crippen molar-refractivity contribution in [2.24, 2.45) is 11.3 Å². The summed E-state index contributed by atoms with van der Waals surface area (Å²) in [6.45, 7) is 6.81. The van der Waals surface area contributed by atoms with E-state index in [1.165, 1.54) is 16.2 Å². The molecular formula is C19H26N2O3S. The average molecular weight is 362 g/mol. The van der Waals surface area contributed by atoms with Crippen LogP contribution in [0.25, 0.3) is 0 Å². The number of hydrogen-bond donors (Lipinski definition) is 2. The van der Waals surface area contributed by atoms with Gasteiger partial charge < -0.3 is 10.4 Å². The summed E-state index contributed by atoms with van der Waals surface area (Å²) in [5.41, 5.74) is 1.96. The van der Waals surface area contributed by atoms with Crippen LogP contribution in [0.4, 0.5) is 5.00 Å². The van der Waals surface area contributed by atoms with Crippen molar-refractivity contribution in [2.45, 2.75) is 65.7 Å². The van der Waals surface area contributed by atoms with E-state index in [0.717, 1.165) is 31.2 Å². The van der Waals surface area contributed by atoms with Crippen LogP contribution in [0.3, 0.4) is 0 Å². The minimum absolute atomic E-state index is 0.0206. The van der Waals surface area contributed by atoms with E-state index < -0.39 is 5.97 Å². The van der Waals surface area contributed by atoms with E-state index in [1.807, 2.05) is 0 Å². The van der Waals surface area contributed by atoms with Crippen molar-refractivity contribution in [3.05, 3.63) is 16.0 Å². The van der Waals surface area contributed by atoms with Gasteiger partial charge in [0.25, 0.3) is 0 Å². The molecule has 1 heterocycles. The number of rotatable bonds is 7. The van der Waals surface area contributed by atoms with Gasteiger partial charge in [0.2, 0.25) is 5.91 Å². The lowest BCUT2D eigenvalue weighted by molar-refractivity contribution is -0.137. The Kier molecular flexibility index (Phi) is 6.23. The largest absolute Gasteiger partial charge is 0.481 e. The molecule has 1 aliphatic rings. The highest BCUT2D eigenvalue weighted by atomic mass is 32.1. The number of nitrogens with zero attached hydrogens (tertiary/aromatic N) is 1. The van der Waals surface area contributed by atoms with Gasteiger partial charge in [0.05, 0.1) is 5.56 Å². The van der Waals surface area contributed by atoms with Gasteiger partial charge in [0.15, 0.2) is 0 Å². The van der Waals surface area contributed by atoms with E-state index in [9.17, 15) is 14.9 Å². The molecule has 0 aromatic carbocycles. The minimum Gasteiger partial charge on any atom is -0.481 e. The molecule has 5 nitrogen and oxygen atoms in total. The second-order valence-corrected chi connectivity index (χ2v) is 8.50. The molecule has 0 fully saturated rings. The average Bonchev–Trinajstić information content (AvgIpc) is 2.90. The third-order valence-corrected chi connectivity index (χ3v) is 6.61. The SMILES string of the molecule is CCC(C)(C)C1CCc2c(sc(NC(=O)CCCC(=O)O)c2C#N)C1. The summed E-state index contributed by atoms with van der Waals surface area (Å²) in [4.78, 5) is 23.8. The van der Waals surface area contributed by atoms with Crippen molar-refractivity contribution in [3.8, 4) is 6.07 Å². The van der Waals surface area contributed by atoms with E-state index >= 15 is 0 Å². The zero-order valence-electron chi connectivity index (χ0n) is 15.1. The van der Waals surface area contributed by atoms with Gasteiger partial charge >= 0.3 is 5.97 Å². The molecule has 25 heavy (non-hydrogen) atoms. The number of aliphatic carboxylic acids is 1. The fourth-order valence-electron chi connectivity index (χ4n) is 3.34. The first-order chi connectivity index (χ1) is 11.8. The van der Waals surface area contributed by atoms with Crippen LogP contribution in [0.15, 0.2) is 0 Å². The Hall–Kier alpha value is -1.87. The topological polar surface area (TPSA) is 90.2 Å². The Labute approximate surface area is 153 Å². The molecule has 0 radical (unpaired) electrons. The summed E-state index contributed by atoms with van der Waals surface area (Å²) >= 11 is 1.51. The molecule has 0 bridgehead atoms. The fraction of sp³-hybridized carbons (Fsp3) is 0.632. The summed E-state index contributed by atoms with van der Waals surface area (Å²) in [6, 6.07) is 2.25. The highest BCUT2D eigenvalue weighted by molar-refractivity contribution is 7.16. The van der Waals surface area contributed by atoms with Crippen molar-refractivity contribution in [1.82, 2.24) is 0 Å². The number of carboxylic acid groups (broad SMARTS) is 1. The molecule has 6 heteroatoms. The number of carbonyl (C=O) groups excluding carboxylic acids is 1. The number of anilines is 1. The summed E-state index contributed by atoms with van der Waals surface area (Å²) in [6.07, 6.45) is 4.49. The molecule has 2 rings (SSSR count). The van der Waals surface area contributed by atoms with Crippen LogP contribution in [0.1, 0.15) is 68.9 Å². The highest BCUT2D eigenvalue weighted by Gasteiger charge is 2.34. The molecule has 0 saturated heterocycles. The summed E-state index contributed by atoms with van der Waals surface area (Å²) in [5.74, 6) is -0.530. The Morgan fingerprint density at radius 3 is 2.72 bits per heavy atom. The number of fused-ring (bicyclic) bond motifs is 1. The van der Waals surface area contributed by atoms with Gasteiger partial charge in [0.1, 0.15) is 11.1 Å². The van der Waals surface area contributed by atoms with Crippen molar-refractivity contribution >= 4 is 28.2 Å². The molecule has 2 N–H and O–H groups in total. The molecule has 0 spiro atoms. The van der Waals surface area contributed by atoms with Gasteiger partial charge in [-0.15, -0.1) is 11.3 Å². The first-order valence-electron chi connectivity index (χ1n) is 8.84. The molecule has 1 aromatic rings. The maximum Gasteiger partial charge on any atom is 0.303 e. The van der Waals surface area contributed by atoms with Crippen LogP contribution in [-0.4, -0.2) is 17.0 Å². The number of amides is 1. The van der Waals surface area contributed by atoms with Gasteiger partial charge in [-0.1, -0.05) is 27.2 Å². The van der Waals surface area contributed by atoms with Crippen LogP contribution in [0, 0.1) is 22.7 Å². The lowest BCUT2D eigenvalue weighted by Gasteiger charge is -2.36. The Balaban J connectivity index is 2.11. The van der Waals surface area contributed by atoms with E-state index in [0.29, 0.717) is 22.9 Å². The van der Waals surface area contributed by atoms with E-state index in [-0.39, 0.29) is 24.2 Å². The first kappa shape index (κ1) is 19.5. The molecule has 0 aliphatic heterocycles. The van der Waals surface area contributed by atoms with Crippen molar-refractivity contribution < 1.29 is 14.7 Å². The lowest BCUT2D eigenvalue weighted by atomic mass is 9.69. The van der Waals surface area contributed by atoms with Crippen LogP contribution >= 0.6 is 11.3 Å². The Bertz CT molecular complexity index is 700. The van der Waals surface area contributed by atoms with Gasteiger partial charge in [-0.05, 0) is 42.6 Å². The summed E-state index contributed by atoms with van der Waals surface area (Å²) in [5, 5.41) is 21.6. The first-order valence-corrected chi connectivity index (χ1v) is 9.66. The van der Waals surface area contributed by atoms with Gasteiger partial charge in [-0.2, -0.15) is 5.26 Å². The quantitative estimate of drug-likeness (QED) is 0.754. The lowest BCUT2D eigenvalue weighted by Crippen LogP contribution is -2.28. The molecule has 1 aliphatic carbocycles. The molecular weight excluding hydrogens is 336 g/mol. The molecule has 1 aromatic heterocycles. The van der Waals surface area contributed by atoms with Crippen molar-refractivity contribution in [1.29, 1.82) is 5.26 Å². The number of carboxylic acids is 1. The third-order valence-electron chi connectivity index (χ3n) is 5.44. The summed E-state index contributed by atoms with van der Waals surface area (Å²) in [7, 11) is 0. The van der Waals surface area contributed by atoms with E-state index in [1.54, 1.807) is 0 Å². The van der Waals surface area contributed by atoms with Crippen molar-refractivity contribution in [3.63, 3.8) is 0 Å². The zero-order valence-corrected chi connectivity index (χ0v) is 16.0. The second-order valence-electron chi connectivity index (χ2n) is 7.40. The van der Waals surface area contributed by atoms with Crippen LogP contribution < -0.4 is 5.32 Å². The van der Waals surface area contributed by atoms with Gasteiger partial charge in [0, 0.05) is 17.7 Å². The highest BCUT2D eigenvalue weighted by Crippen LogP contribution is 2.45. The zero-order chi connectivity index (χ0) is 18.6. The number of nitrogens with one attached hydrogen (secondary N) is 1. The monoisotopic (exact) mass is 362 g/mol. The van der Waals surface area contributed by atoms with E-state index in [2.05, 4.69) is 32.2 Å². The molecule has 1 atom stereocenters. The third kappa shape index (κ3) is 4.60. The predicted molar refractivity (Wildman–Crippen MR) is 98.7 cm³/mol. The maximum atomic E-state index is 12.0. The number of thiophene rings is 1. The van der Waals surface area contributed by atoms with Crippen molar-refractivity contribution in [2.75, 3.05) is 5.32 Å². The smallest absolute Gasteiger partial charge is 0.303 e. The van der Waals surface area contributed by atoms with Crippen LogP contribution in [-0.2, 0) is 22.4 Å². The fourth-order valence-corrected chi connectivity index (χ4v) is 4.63. The molecule has 1 unspecified atom stereocenters. The normalized spacial score (nSPS) is 16.8. The van der Waals surface area contributed by atoms with Crippen LogP contribution in [0.5, 0.6) is 0 Å². The number of carbonyl (C=O) groups is 2. The van der Waals surface area contributed by atoms with E-state index in [4.69, 9.17) is 5.11 Å². The number of hydrogen-bond acceptors (Lipinski definition) is 4. The second kappa shape index (κ2) is 8.01. The Morgan fingerprint density at radius 2 is 2.12 bits per heavy atom. The molecule has 136 valence electrons. The minimum atomic E-state index is -0.901. The molecule has 0 saturated carbocycles. The predicted octanol–water partition coefficient (Wildman–Crippen LogP) is 4.35. The van der Waals surface area contributed by atoms with Gasteiger partial charge in [-0.25, -0.2) is 0 Å². The number of nitriles is 1. The molecule has 1 amide bonds. The maximum absolute atomic E-state index is 12.0.